The van der Waals surface area contributed by atoms with Gasteiger partial charge in [-0.25, -0.2) is 4.98 Å². The molecule has 3 nitrogen and oxygen atoms in total. The fourth-order valence-electron chi connectivity index (χ4n) is 2.64. The first kappa shape index (κ1) is 11.5. The summed E-state index contributed by atoms with van der Waals surface area (Å²) in [4.78, 5) is 4.38. The number of rotatable bonds is 5. The van der Waals surface area contributed by atoms with Crippen molar-refractivity contribution in [2.75, 3.05) is 11.9 Å². The molecule has 16 heavy (non-hydrogen) atoms. The summed E-state index contributed by atoms with van der Waals surface area (Å²) in [7, 11) is 0. The molecule has 0 amide bonds. The van der Waals surface area contributed by atoms with Crippen molar-refractivity contribution in [2.45, 2.75) is 52.5 Å². The number of imidazole rings is 1. The monoisotopic (exact) mass is 221 g/mol. The summed E-state index contributed by atoms with van der Waals surface area (Å²) in [6.07, 6.45) is 10.6. The lowest BCUT2D eigenvalue weighted by Gasteiger charge is -2.25. The molecule has 0 unspecified atom stereocenters. The van der Waals surface area contributed by atoms with E-state index in [1.54, 1.807) is 0 Å². The van der Waals surface area contributed by atoms with Gasteiger partial charge >= 0.3 is 0 Å². The predicted molar refractivity (Wildman–Crippen MR) is 67.6 cm³/mol. The maximum atomic E-state index is 4.38. The Labute approximate surface area is 98.3 Å². The van der Waals surface area contributed by atoms with E-state index in [2.05, 4.69) is 34.9 Å². The maximum Gasteiger partial charge on any atom is 0.202 e. The van der Waals surface area contributed by atoms with Crippen LogP contribution < -0.4 is 5.32 Å². The molecule has 1 aliphatic rings. The van der Waals surface area contributed by atoms with Gasteiger partial charge in [0.25, 0.3) is 0 Å². The van der Waals surface area contributed by atoms with Crippen molar-refractivity contribution < 1.29 is 0 Å². The third-order valence-corrected chi connectivity index (χ3v) is 3.61. The number of anilines is 1. The van der Waals surface area contributed by atoms with Crippen LogP contribution in [0.25, 0.3) is 0 Å². The van der Waals surface area contributed by atoms with Crippen LogP contribution in [0.4, 0.5) is 5.95 Å². The predicted octanol–water partition coefficient (Wildman–Crippen LogP) is 3.29. The summed E-state index contributed by atoms with van der Waals surface area (Å²) >= 11 is 0. The summed E-state index contributed by atoms with van der Waals surface area (Å²) in [6.45, 7) is 6.70. The SMILES string of the molecule is CCCNc1nccn1CC1(C)CCCC1. The van der Waals surface area contributed by atoms with Crippen LogP contribution in [0, 0.1) is 5.41 Å². The zero-order valence-electron chi connectivity index (χ0n) is 10.5. The molecule has 1 aromatic heterocycles. The van der Waals surface area contributed by atoms with Crippen LogP contribution in [0.2, 0.25) is 0 Å². The lowest BCUT2D eigenvalue weighted by atomic mass is 9.89. The molecule has 1 saturated carbocycles. The molecule has 0 spiro atoms. The minimum Gasteiger partial charge on any atom is -0.356 e. The Balaban J connectivity index is 2.00. The second-order valence-corrected chi connectivity index (χ2v) is 5.32. The molecule has 2 rings (SSSR count). The maximum absolute atomic E-state index is 4.38. The molecule has 0 radical (unpaired) electrons. The molecule has 3 heteroatoms. The molecule has 1 aromatic rings. The van der Waals surface area contributed by atoms with E-state index in [1.807, 2.05) is 6.20 Å². The van der Waals surface area contributed by atoms with Crippen molar-refractivity contribution in [2.24, 2.45) is 5.41 Å². The van der Waals surface area contributed by atoms with E-state index in [9.17, 15) is 0 Å². The van der Waals surface area contributed by atoms with Gasteiger partial charge in [-0.2, -0.15) is 0 Å². The number of hydrogen-bond donors (Lipinski definition) is 1. The van der Waals surface area contributed by atoms with Crippen LogP contribution >= 0.6 is 0 Å². The van der Waals surface area contributed by atoms with Crippen LogP contribution in [-0.4, -0.2) is 16.1 Å². The first-order valence-electron chi connectivity index (χ1n) is 6.48. The first-order chi connectivity index (χ1) is 7.73. The fourth-order valence-corrected chi connectivity index (χ4v) is 2.64. The molecule has 0 saturated heterocycles. The lowest BCUT2D eigenvalue weighted by molar-refractivity contribution is 0.283. The van der Waals surface area contributed by atoms with Gasteiger partial charge in [-0.3, -0.25) is 0 Å². The van der Waals surface area contributed by atoms with Crippen molar-refractivity contribution in [3.63, 3.8) is 0 Å². The van der Waals surface area contributed by atoms with Crippen molar-refractivity contribution in [3.8, 4) is 0 Å². The van der Waals surface area contributed by atoms with Gasteiger partial charge < -0.3 is 9.88 Å². The smallest absolute Gasteiger partial charge is 0.202 e. The molecule has 1 fully saturated rings. The number of hydrogen-bond acceptors (Lipinski definition) is 2. The molecular weight excluding hydrogens is 198 g/mol. The first-order valence-corrected chi connectivity index (χ1v) is 6.48. The Morgan fingerprint density at radius 2 is 2.19 bits per heavy atom. The largest absolute Gasteiger partial charge is 0.356 e. The molecule has 0 aromatic carbocycles. The third-order valence-electron chi connectivity index (χ3n) is 3.61. The summed E-state index contributed by atoms with van der Waals surface area (Å²) in [5.74, 6) is 1.04. The molecule has 1 aliphatic carbocycles. The Hall–Kier alpha value is -0.990. The number of nitrogens with zero attached hydrogens (tertiary/aromatic N) is 2. The van der Waals surface area contributed by atoms with E-state index in [-0.39, 0.29) is 0 Å². The molecule has 0 aliphatic heterocycles. The van der Waals surface area contributed by atoms with E-state index in [0.29, 0.717) is 5.41 Å². The van der Waals surface area contributed by atoms with Crippen molar-refractivity contribution in [1.29, 1.82) is 0 Å². The minimum absolute atomic E-state index is 0.489. The van der Waals surface area contributed by atoms with Crippen LogP contribution in [0.15, 0.2) is 12.4 Å². The van der Waals surface area contributed by atoms with Gasteiger partial charge in [0, 0.05) is 25.5 Å². The highest BCUT2D eigenvalue weighted by atomic mass is 15.2. The minimum atomic E-state index is 0.489. The Kier molecular flexibility index (Phi) is 3.52. The highest BCUT2D eigenvalue weighted by molar-refractivity contribution is 5.25. The van der Waals surface area contributed by atoms with Crippen molar-refractivity contribution in [3.05, 3.63) is 12.4 Å². The van der Waals surface area contributed by atoms with Gasteiger partial charge in [-0.05, 0) is 24.7 Å². The number of aromatic nitrogens is 2. The second kappa shape index (κ2) is 4.89. The molecule has 0 bridgehead atoms. The highest BCUT2D eigenvalue weighted by Gasteiger charge is 2.29. The van der Waals surface area contributed by atoms with E-state index in [0.717, 1.165) is 25.5 Å². The van der Waals surface area contributed by atoms with Crippen molar-refractivity contribution >= 4 is 5.95 Å². The summed E-state index contributed by atoms with van der Waals surface area (Å²) in [5, 5.41) is 3.39. The van der Waals surface area contributed by atoms with Crippen LogP contribution in [0.1, 0.15) is 46.0 Å². The lowest BCUT2D eigenvalue weighted by Crippen LogP contribution is -2.20. The van der Waals surface area contributed by atoms with Gasteiger partial charge in [0.1, 0.15) is 0 Å². The van der Waals surface area contributed by atoms with E-state index in [4.69, 9.17) is 0 Å². The quantitative estimate of drug-likeness (QED) is 0.827. The average Bonchev–Trinajstić information content (AvgIpc) is 2.86. The van der Waals surface area contributed by atoms with E-state index in [1.165, 1.54) is 25.7 Å². The highest BCUT2D eigenvalue weighted by Crippen LogP contribution is 2.39. The second-order valence-electron chi connectivity index (χ2n) is 5.32. The molecule has 1 N–H and O–H groups in total. The third kappa shape index (κ3) is 2.57. The van der Waals surface area contributed by atoms with Gasteiger partial charge in [0.2, 0.25) is 5.95 Å². The standard InChI is InChI=1S/C13H23N3/c1-3-8-14-12-15-9-10-16(12)11-13(2)6-4-5-7-13/h9-10H,3-8,11H2,1-2H3,(H,14,15). The fraction of sp³-hybridized carbons (Fsp3) is 0.769. The van der Waals surface area contributed by atoms with Gasteiger partial charge in [0.15, 0.2) is 0 Å². The van der Waals surface area contributed by atoms with E-state index >= 15 is 0 Å². The topological polar surface area (TPSA) is 29.9 Å². The Morgan fingerprint density at radius 1 is 1.44 bits per heavy atom. The molecule has 1 heterocycles. The van der Waals surface area contributed by atoms with E-state index < -0.39 is 0 Å². The normalized spacial score (nSPS) is 18.9. The molecule has 0 atom stereocenters. The molecule has 90 valence electrons. The van der Waals surface area contributed by atoms with Gasteiger partial charge in [-0.15, -0.1) is 0 Å². The van der Waals surface area contributed by atoms with Crippen molar-refractivity contribution in [1.82, 2.24) is 9.55 Å². The molecular formula is C13H23N3. The summed E-state index contributed by atoms with van der Waals surface area (Å²) < 4.78 is 2.28. The summed E-state index contributed by atoms with van der Waals surface area (Å²) in [5.41, 5.74) is 0.489. The average molecular weight is 221 g/mol. The zero-order chi connectivity index (χ0) is 11.4. The van der Waals surface area contributed by atoms with Crippen LogP contribution in [0.5, 0.6) is 0 Å². The Morgan fingerprint density at radius 3 is 2.88 bits per heavy atom. The summed E-state index contributed by atoms with van der Waals surface area (Å²) in [6, 6.07) is 0. The van der Waals surface area contributed by atoms with Gasteiger partial charge in [-0.1, -0.05) is 26.7 Å². The Bertz CT molecular complexity index is 324. The van der Waals surface area contributed by atoms with Crippen LogP contribution in [-0.2, 0) is 6.54 Å². The number of nitrogens with one attached hydrogen (secondary N) is 1. The zero-order valence-corrected chi connectivity index (χ0v) is 10.5. The van der Waals surface area contributed by atoms with Gasteiger partial charge in [0.05, 0.1) is 0 Å². The van der Waals surface area contributed by atoms with Crippen LogP contribution in [0.3, 0.4) is 0 Å².